The lowest BCUT2D eigenvalue weighted by Crippen LogP contribution is -2.00. The number of fused-ring (bicyclic) bond motifs is 1. The molecule has 1 N–H and O–H groups in total. The molecule has 0 bridgehead atoms. The molecule has 0 spiro atoms. The summed E-state index contributed by atoms with van der Waals surface area (Å²) in [6.07, 6.45) is 0.718. The first kappa shape index (κ1) is 10.5. The zero-order valence-corrected chi connectivity index (χ0v) is 9.11. The predicted molar refractivity (Wildman–Crippen MR) is 60.1 cm³/mol. The summed E-state index contributed by atoms with van der Waals surface area (Å²) in [6, 6.07) is 4.53. The van der Waals surface area contributed by atoms with Crippen molar-refractivity contribution in [3.63, 3.8) is 0 Å². The van der Waals surface area contributed by atoms with Crippen LogP contribution in [0.4, 0.5) is 0 Å². The molecule has 0 atom stereocenters. The molecule has 0 saturated heterocycles. The Morgan fingerprint density at radius 1 is 1.38 bits per heavy atom. The van der Waals surface area contributed by atoms with Crippen molar-refractivity contribution in [1.82, 2.24) is 0 Å². The summed E-state index contributed by atoms with van der Waals surface area (Å²) < 4.78 is 10.0. The van der Waals surface area contributed by atoms with Crippen molar-refractivity contribution in [3.8, 4) is 11.5 Å². The maximum atomic E-state index is 11.2. The van der Waals surface area contributed by atoms with E-state index >= 15 is 0 Å². The van der Waals surface area contributed by atoms with Gasteiger partial charge in [0.2, 0.25) is 0 Å². The van der Waals surface area contributed by atoms with Crippen LogP contribution in [-0.2, 0) is 6.42 Å². The number of rotatable bonds is 2. The van der Waals surface area contributed by atoms with E-state index in [9.17, 15) is 9.90 Å². The third kappa shape index (κ3) is 1.62. The summed E-state index contributed by atoms with van der Waals surface area (Å²) in [7, 11) is 1.48. The van der Waals surface area contributed by atoms with Crippen LogP contribution >= 0.6 is 0 Å². The Morgan fingerprint density at radius 2 is 2.12 bits per heavy atom. The number of phenols is 1. The van der Waals surface area contributed by atoms with Crippen LogP contribution in [0.25, 0.3) is 11.0 Å². The molecule has 1 aromatic carbocycles. The van der Waals surface area contributed by atoms with Gasteiger partial charge in [-0.25, -0.2) is 4.79 Å². The molecule has 2 aromatic rings. The van der Waals surface area contributed by atoms with Gasteiger partial charge in [0.1, 0.15) is 5.58 Å². The minimum Gasteiger partial charge on any atom is -0.504 e. The molecule has 2 rings (SSSR count). The van der Waals surface area contributed by atoms with Crippen molar-refractivity contribution in [3.05, 3.63) is 34.2 Å². The number of phenolic OH excluding ortho intramolecular Hbond substituents is 1. The van der Waals surface area contributed by atoms with Crippen LogP contribution < -0.4 is 10.4 Å². The standard InChI is InChI=1S/C12H12O4/c1-3-7-4-12(14)16-10-6-9(13)11(15-2)5-8(7)10/h4-6,13H,3H2,1-2H3. The lowest BCUT2D eigenvalue weighted by molar-refractivity contribution is 0.373. The molecule has 4 nitrogen and oxygen atoms in total. The lowest BCUT2D eigenvalue weighted by atomic mass is 10.1. The fourth-order valence-electron chi connectivity index (χ4n) is 1.70. The zero-order chi connectivity index (χ0) is 11.7. The molecule has 4 heteroatoms. The minimum absolute atomic E-state index is 0.0357. The van der Waals surface area contributed by atoms with Gasteiger partial charge in [0.15, 0.2) is 11.5 Å². The summed E-state index contributed by atoms with van der Waals surface area (Å²) in [5, 5.41) is 10.4. The van der Waals surface area contributed by atoms with Gasteiger partial charge in [-0.05, 0) is 18.1 Å². The van der Waals surface area contributed by atoms with Gasteiger partial charge in [0.25, 0.3) is 0 Å². The van der Waals surface area contributed by atoms with Crippen LogP contribution in [0.3, 0.4) is 0 Å². The van der Waals surface area contributed by atoms with Gasteiger partial charge in [0, 0.05) is 17.5 Å². The Balaban J connectivity index is 2.85. The number of ether oxygens (including phenoxy) is 1. The van der Waals surface area contributed by atoms with Crippen molar-refractivity contribution >= 4 is 11.0 Å². The topological polar surface area (TPSA) is 59.7 Å². The molecule has 1 heterocycles. The second kappa shape index (κ2) is 3.89. The Labute approximate surface area is 92.1 Å². The first-order valence-corrected chi connectivity index (χ1v) is 4.99. The monoisotopic (exact) mass is 220 g/mol. The Hall–Kier alpha value is -1.97. The van der Waals surface area contributed by atoms with E-state index in [1.807, 2.05) is 6.92 Å². The van der Waals surface area contributed by atoms with Crippen molar-refractivity contribution in [2.24, 2.45) is 0 Å². The molecule has 0 aliphatic heterocycles. The molecule has 0 radical (unpaired) electrons. The third-order valence-electron chi connectivity index (χ3n) is 2.51. The van der Waals surface area contributed by atoms with Crippen LogP contribution in [0.15, 0.2) is 27.4 Å². The number of benzene rings is 1. The van der Waals surface area contributed by atoms with E-state index in [2.05, 4.69) is 0 Å². The number of aromatic hydroxyl groups is 1. The molecule has 0 saturated carbocycles. The first-order chi connectivity index (χ1) is 7.65. The van der Waals surface area contributed by atoms with Crippen LogP contribution in [0.2, 0.25) is 0 Å². The van der Waals surface area contributed by atoms with Gasteiger partial charge < -0.3 is 14.3 Å². The highest BCUT2D eigenvalue weighted by Crippen LogP contribution is 2.32. The molecular formula is C12H12O4. The molecule has 16 heavy (non-hydrogen) atoms. The van der Waals surface area contributed by atoms with Gasteiger partial charge in [-0.15, -0.1) is 0 Å². The average molecular weight is 220 g/mol. The summed E-state index contributed by atoms with van der Waals surface area (Å²) in [5.74, 6) is 0.336. The van der Waals surface area contributed by atoms with Gasteiger partial charge >= 0.3 is 5.63 Å². The molecular weight excluding hydrogens is 208 g/mol. The van der Waals surface area contributed by atoms with Crippen molar-refractivity contribution in [2.45, 2.75) is 13.3 Å². The summed E-state index contributed by atoms with van der Waals surface area (Å²) in [4.78, 5) is 11.2. The molecule has 84 valence electrons. The minimum atomic E-state index is -0.408. The SMILES string of the molecule is CCc1cc(=O)oc2cc(O)c(OC)cc12. The molecule has 0 fully saturated rings. The van der Waals surface area contributed by atoms with Crippen LogP contribution in [0, 0.1) is 0 Å². The smallest absolute Gasteiger partial charge is 0.336 e. The fourth-order valence-corrected chi connectivity index (χ4v) is 1.70. The number of aryl methyl sites for hydroxylation is 1. The Bertz CT molecular complexity index is 583. The molecule has 0 aliphatic carbocycles. The maximum absolute atomic E-state index is 11.2. The van der Waals surface area contributed by atoms with E-state index in [0.717, 1.165) is 17.4 Å². The summed E-state index contributed by atoms with van der Waals surface area (Å²) >= 11 is 0. The lowest BCUT2D eigenvalue weighted by Gasteiger charge is -2.07. The van der Waals surface area contributed by atoms with E-state index in [-0.39, 0.29) is 5.75 Å². The molecule has 0 aliphatic rings. The predicted octanol–water partition coefficient (Wildman–Crippen LogP) is 2.07. The van der Waals surface area contributed by atoms with E-state index in [1.54, 1.807) is 6.07 Å². The zero-order valence-electron chi connectivity index (χ0n) is 9.11. The Kier molecular flexibility index (Phi) is 2.56. The number of methoxy groups -OCH3 is 1. The molecule has 0 amide bonds. The van der Waals surface area contributed by atoms with Crippen LogP contribution in [0.1, 0.15) is 12.5 Å². The normalized spacial score (nSPS) is 10.6. The second-order valence-electron chi connectivity index (χ2n) is 3.46. The van der Waals surface area contributed by atoms with Crippen molar-refractivity contribution in [2.75, 3.05) is 7.11 Å². The quantitative estimate of drug-likeness (QED) is 0.787. The maximum Gasteiger partial charge on any atom is 0.336 e. The van der Waals surface area contributed by atoms with E-state index < -0.39 is 5.63 Å². The van der Waals surface area contributed by atoms with E-state index in [4.69, 9.17) is 9.15 Å². The highest BCUT2D eigenvalue weighted by atomic mass is 16.5. The van der Waals surface area contributed by atoms with Crippen molar-refractivity contribution < 1.29 is 14.3 Å². The third-order valence-corrected chi connectivity index (χ3v) is 2.51. The number of hydrogen-bond donors (Lipinski definition) is 1. The summed E-state index contributed by atoms with van der Waals surface area (Å²) in [5.41, 5.74) is 0.848. The van der Waals surface area contributed by atoms with Gasteiger partial charge in [-0.1, -0.05) is 6.92 Å². The van der Waals surface area contributed by atoms with E-state index in [0.29, 0.717) is 11.3 Å². The second-order valence-corrected chi connectivity index (χ2v) is 3.46. The largest absolute Gasteiger partial charge is 0.504 e. The first-order valence-electron chi connectivity index (χ1n) is 4.99. The van der Waals surface area contributed by atoms with E-state index in [1.165, 1.54) is 19.2 Å². The van der Waals surface area contributed by atoms with Crippen LogP contribution in [0.5, 0.6) is 11.5 Å². The van der Waals surface area contributed by atoms with Crippen molar-refractivity contribution in [1.29, 1.82) is 0 Å². The van der Waals surface area contributed by atoms with Crippen LogP contribution in [-0.4, -0.2) is 12.2 Å². The highest BCUT2D eigenvalue weighted by molar-refractivity contribution is 5.83. The molecule has 1 aromatic heterocycles. The van der Waals surface area contributed by atoms with Gasteiger partial charge in [0.05, 0.1) is 7.11 Å². The highest BCUT2D eigenvalue weighted by Gasteiger charge is 2.09. The molecule has 0 unspecified atom stereocenters. The number of hydrogen-bond acceptors (Lipinski definition) is 4. The summed E-state index contributed by atoms with van der Waals surface area (Å²) in [6.45, 7) is 1.95. The van der Waals surface area contributed by atoms with Gasteiger partial charge in [-0.2, -0.15) is 0 Å². The van der Waals surface area contributed by atoms with Gasteiger partial charge in [-0.3, -0.25) is 0 Å². The fraction of sp³-hybridized carbons (Fsp3) is 0.250. The average Bonchev–Trinajstić information content (AvgIpc) is 2.26. The Morgan fingerprint density at radius 3 is 2.75 bits per heavy atom.